The van der Waals surface area contributed by atoms with Gasteiger partial charge in [0.1, 0.15) is 0 Å². The normalized spacial score (nSPS) is 10.5. The Hall–Kier alpha value is -0.950. The van der Waals surface area contributed by atoms with Gasteiger partial charge in [0.15, 0.2) is 0 Å². The Kier molecular flexibility index (Phi) is 4.02. The number of rotatable bonds is 4. The molecule has 0 heterocycles. The highest BCUT2D eigenvalue weighted by molar-refractivity contribution is 7.65. The second kappa shape index (κ2) is 5.06. The van der Waals surface area contributed by atoms with Crippen LogP contribution in [0.5, 0.6) is 0 Å². The monoisotopic (exact) mass is 211 g/mol. The van der Waals surface area contributed by atoms with E-state index in [2.05, 4.69) is 13.8 Å². The van der Waals surface area contributed by atoms with E-state index in [1.807, 2.05) is 12.1 Å². The fourth-order valence-electron chi connectivity index (χ4n) is 1.37. The Labute approximate surface area is 85.0 Å². The zero-order valence-corrected chi connectivity index (χ0v) is 9.33. The predicted molar refractivity (Wildman–Crippen MR) is 60.7 cm³/mol. The summed E-state index contributed by atoms with van der Waals surface area (Å²) in [7, 11) is -0.106. The molecule has 1 aromatic carbocycles. The van der Waals surface area contributed by atoms with Gasteiger partial charge in [-0.15, -0.1) is 0 Å². The van der Waals surface area contributed by atoms with E-state index in [4.69, 9.17) is 0 Å². The number of hydrogen-bond donors (Lipinski definition) is 0. The smallest absolute Gasteiger partial charge is 0.258 e. The molecule has 76 valence electrons. The lowest BCUT2D eigenvalue weighted by Crippen LogP contribution is -2.03. The summed E-state index contributed by atoms with van der Waals surface area (Å²) in [6.07, 6.45) is 2.29. The van der Waals surface area contributed by atoms with E-state index in [0.717, 1.165) is 12.3 Å². The van der Waals surface area contributed by atoms with Crippen LogP contribution in [0.4, 0.5) is 5.69 Å². The van der Waals surface area contributed by atoms with E-state index < -0.39 is 0 Å². The van der Waals surface area contributed by atoms with E-state index in [1.165, 1.54) is 5.30 Å². The number of nitrogens with zero attached hydrogens (tertiary/aromatic N) is 1. The van der Waals surface area contributed by atoms with Crippen LogP contribution >= 0.6 is 7.92 Å². The van der Waals surface area contributed by atoms with Gasteiger partial charge in [-0.2, -0.15) is 0 Å². The molecule has 0 unspecified atom stereocenters. The van der Waals surface area contributed by atoms with Gasteiger partial charge in [-0.1, -0.05) is 21.8 Å². The van der Waals surface area contributed by atoms with Gasteiger partial charge in [0.25, 0.3) is 5.69 Å². The lowest BCUT2D eigenvalue weighted by atomic mass is 10.3. The molecule has 0 aliphatic heterocycles. The van der Waals surface area contributed by atoms with Crippen LogP contribution in [0.25, 0.3) is 0 Å². The largest absolute Gasteiger partial charge is 0.269 e. The van der Waals surface area contributed by atoms with E-state index in [1.54, 1.807) is 12.1 Å². The highest BCUT2D eigenvalue weighted by atomic mass is 31.1. The van der Waals surface area contributed by atoms with E-state index >= 15 is 0 Å². The molecule has 14 heavy (non-hydrogen) atoms. The molecule has 0 saturated heterocycles. The van der Waals surface area contributed by atoms with Crippen molar-refractivity contribution in [3.63, 3.8) is 0 Å². The number of benzene rings is 1. The quantitative estimate of drug-likeness (QED) is 0.436. The second-order valence-corrected chi connectivity index (χ2v) is 5.81. The molecule has 3 nitrogen and oxygen atoms in total. The van der Waals surface area contributed by atoms with Crippen LogP contribution in [0.1, 0.15) is 13.8 Å². The third kappa shape index (κ3) is 2.52. The van der Waals surface area contributed by atoms with Crippen LogP contribution in [-0.2, 0) is 0 Å². The lowest BCUT2D eigenvalue weighted by Gasteiger charge is -2.12. The summed E-state index contributed by atoms with van der Waals surface area (Å²) in [4.78, 5) is 10.1. The summed E-state index contributed by atoms with van der Waals surface area (Å²) in [5.41, 5.74) is 0.177. The molecule has 0 amide bonds. The molecule has 0 radical (unpaired) electrons. The minimum Gasteiger partial charge on any atom is -0.258 e. The average Bonchev–Trinajstić information content (AvgIpc) is 2.20. The molecular formula is C10H14NO2P. The fourth-order valence-corrected chi connectivity index (χ4v) is 3.12. The molecular weight excluding hydrogens is 197 g/mol. The summed E-state index contributed by atoms with van der Waals surface area (Å²) in [6, 6.07) is 6.96. The van der Waals surface area contributed by atoms with Crippen molar-refractivity contribution in [1.82, 2.24) is 0 Å². The van der Waals surface area contributed by atoms with Crippen molar-refractivity contribution in [3.05, 3.63) is 34.4 Å². The predicted octanol–water partition coefficient (Wildman–Crippen LogP) is 2.74. The number of non-ortho nitro benzene ring substituents is 1. The SMILES string of the molecule is CCP(CC)c1ccc([N+](=O)[O-])cc1. The fraction of sp³-hybridized carbons (Fsp3) is 0.400. The van der Waals surface area contributed by atoms with Gasteiger partial charge in [-0.25, -0.2) is 0 Å². The number of nitro benzene ring substituents is 1. The van der Waals surface area contributed by atoms with Gasteiger partial charge >= 0.3 is 0 Å². The molecule has 0 aliphatic carbocycles. The van der Waals surface area contributed by atoms with Crippen LogP contribution in [0.15, 0.2) is 24.3 Å². The van der Waals surface area contributed by atoms with Crippen molar-refractivity contribution in [2.45, 2.75) is 13.8 Å². The first-order valence-electron chi connectivity index (χ1n) is 4.68. The van der Waals surface area contributed by atoms with Crippen molar-refractivity contribution >= 4 is 18.9 Å². The average molecular weight is 211 g/mol. The number of hydrogen-bond acceptors (Lipinski definition) is 2. The summed E-state index contributed by atoms with van der Waals surface area (Å²) < 4.78 is 0. The standard InChI is InChI=1S/C10H14NO2P/c1-3-14(4-2)10-7-5-9(6-8-10)11(12)13/h5-8H,3-4H2,1-2H3. The minimum atomic E-state index is -0.357. The molecule has 1 rings (SSSR count). The summed E-state index contributed by atoms with van der Waals surface area (Å²) in [5, 5.41) is 11.7. The zero-order chi connectivity index (χ0) is 10.6. The van der Waals surface area contributed by atoms with Crippen molar-refractivity contribution in [2.24, 2.45) is 0 Å². The first-order valence-corrected chi connectivity index (χ1v) is 6.39. The Morgan fingerprint density at radius 3 is 2.07 bits per heavy atom. The maximum absolute atomic E-state index is 10.4. The van der Waals surface area contributed by atoms with Gasteiger partial charge < -0.3 is 0 Å². The molecule has 0 atom stereocenters. The summed E-state index contributed by atoms with van der Waals surface area (Å²) in [6.45, 7) is 4.33. The molecule has 0 spiro atoms. The molecule has 0 fully saturated rings. The first-order chi connectivity index (χ1) is 6.69. The van der Waals surface area contributed by atoms with Crippen LogP contribution in [0.3, 0.4) is 0 Å². The third-order valence-corrected chi connectivity index (χ3v) is 4.74. The van der Waals surface area contributed by atoms with Crippen molar-refractivity contribution in [3.8, 4) is 0 Å². The van der Waals surface area contributed by atoms with E-state index in [-0.39, 0.29) is 18.5 Å². The minimum absolute atomic E-state index is 0.106. The Balaban J connectivity index is 2.87. The molecule has 0 saturated carbocycles. The molecule has 4 heteroatoms. The second-order valence-electron chi connectivity index (χ2n) is 2.95. The van der Waals surface area contributed by atoms with Crippen molar-refractivity contribution in [1.29, 1.82) is 0 Å². The molecule has 0 bridgehead atoms. The molecule has 1 aromatic rings. The van der Waals surface area contributed by atoms with Gasteiger partial charge in [0.2, 0.25) is 0 Å². The molecule has 0 aromatic heterocycles. The molecule has 0 N–H and O–H groups in total. The van der Waals surface area contributed by atoms with Crippen molar-refractivity contribution < 1.29 is 4.92 Å². The lowest BCUT2D eigenvalue weighted by molar-refractivity contribution is -0.384. The Bertz CT molecular complexity index is 306. The summed E-state index contributed by atoms with van der Waals surface area (Å²) >= 11 is 0. The Morgan fingerprint density at radius 1 is 1.21 bits per heavy atom. The number of nitro groups is 1. The summed E-state index contributed by atoms with van der Waals surface area (Å²) in [5.74, 6) is 0. The Morgan fingerprint density at radius 2 is 1.71 bits per heavy atom. The van der Waals surface area contributed by atoms with Gasteiger partial charge in [0.05, 0.1) is 4.92 Å². The van der Waals surface area contributed by atoms with Gasteiger partial charge in [0, 0.05) is 12.1 Å². The maximum Gasteiger partial charge on any atom is 0.269 e. The zero-order valence-electron chi connectivity index (χ0n) is 8.43. The van der Waals surface area contributed by atoms with E-state index in [9.17, 15) is 10.1 Å². The van der Waals surface area contributed by atoms with Crippen molar-refractivity contribution in [2.75, 3.05) is 12.3 Å². The maximum atomic E-state index is 10.4. The van der Waals surface area contributed by atoms with Gasteiger partial charge in [-0.3, -0.25) is 10.1 Å². The highest BCUT2D eigenvalue weighted by Gasteiger charge is 2.08. The van der Waals surface area contributed by atoms with Crippen LogP contribution in [0, 0.1) is 10.1 Å². The first kappa shape index (κ1) is 11.1. The van der Waals surface area contributed by atoms with Crippen LogP contribution < -0.4 is 5.30 Å². The molecule has 0 aliphatic rings. The van der Waals surface area contributed by atoms with Crippen LogP contribution in [0.2, 0.25) is 0 Å². The topological polar surface area (TPSA) is 43.1 Å². The third-order valence-electron chi connectivity index (χ3n) is 2.19. The van der Waals surface area contributed by atoms with E-state index in [0.29, 0.717) is 0 Å². The van der Waals surface area contributed by atoms with Crippen LogP contribution in [-0.4, -0.2) is 17.2 Å². The highest BCUT2D eigenvalue weighted by Crippen LogP contribution is 2.33. The van der Waals surface area contributed by atoms with Gasteiger partial charge in [-0.05, 0) is 29.8 Å².